The van der Waals surface area contributed by atoms with Gasteiger partial charge < -0.3 is 5.32 Å². The van der Waals surface area contributed by atoms with Gasteiger partial charge in [0.25, 0.3) is 0 Å². The van der Waals surface area contributed by atoms with Crippen LogP contribution >= 0.6 is 0 Å². The molecule has 1 aromatic carbocycles. The van der Waals surface area contributed by atoms with Gasteiger partial charge in [-0.05, 0) is 37.3 Å². The zero-order chi connectivity index (χ0) is 15.5. The number of aryl methyl sites for hydroxylation is 2. The predicted octanol–water partition coefficient (Wildman–Crippen LogP) is 4.00. The molecule has 1 N–H and O–H groups in total. The van der Waals surface area contributed by atoms with Crippen molar-refractivity contribution in [2.75, 3.05) is 25.0 Å². The van der Waals surface area contributed by atoms with Crippen LogP contribution in [0.5, 0.6) is 0 Å². The fraction of sp³-hybridized carbons (Fsp3) is 0.625. The highest BCUT2D eigenvalue weighted by Gasteiger charge is 2.32. The summed E-state index contributed by atoms with van der Waals surface area (Å²) in [6.45, 7) is 4.41. The van der Waals surface area contributed by atoms with Crippen LogP contribution in [0, 0.1) is 6.92 Å². The number of rotatable bonds is 4. The molecule has 1 saturated heterocycles. The zero-order valence-electron chi connectivity index (χ0n) is 12.6. The van der Waals surface area contributed by atoms with Gasteiger partial charge in [0.15, 0.2) is 0 Å². The molecule has 1 heterocycles. The first-order valence-corrected chi connectivity index (χ1v) is 7.53. The summed E-state index contributed by atoms with van der Waals surface area (Å²) in [6.07, 6.45) is -1.62. The number of hydrogen-bond acceptors (Lipinski definition) is 2. The lowest BCUT2D eigenvalue weighted by Crippen LogP contribution is -2.43. The number of piperidine rings is 1. The maximum Gasteiger partial charge on any atom is 0.401 e. The van der Waals surface area contributed by atoms with Crippen molar-refractivity contribution in [1.82, 2.24) is 4.90 Å². The van der Waals surface area contributed by atoms with Gasteiger partial charge in [-0.3, -0.25) is 4.90 Å². The van der Waals surface area contributed by atoms with Gasteiger partial charge >= 0.3 is 6.18 Å². The Morgan fingerprint density at radius 2 is 1.90 bits per heavy atom. The largest absolute Gasteiger partial charge is 0.401 e. The Balaban J connectivity index is 1.92. The number of nitrogens with one attached hydrogen (secondary N) is 1. The van der Waals surface area contributed by atoms with E-state index in [1.54, 1.807) is 0 Å². The number of likely N-dealkylation sites (tertiary alicyclic amines) is 1. The van der Waals surface area contributed by atoms with Gasteiger partial charge in [0.2, 0.25) is 0 Å². The first kappa shape index (κ1) is 16.1. The Hall–Kier alpha value is -1.23. The standard InChI is InChI=1S/C16H23F3N2/c1-3-13-6-4-5-12(2)15(13)20-14-7-9-21(10-8-14)11-16(17,18)19/h4-6,14,20H,3,7-11H2,1-2H3. The molecule has 118 valence electrons. The maximum absolute atomic E-state index is 12.4. The summed E-state index contributed by atoms with van der Waals surface area (Å²) >= 11 is 0. The molecular formula is C16H23F3N2. The molecular weight excluding hydrogens is 277 g/mol. The van der Waals surface area contributed by atoms with Crippen molar-refractivity contribution in [3.05, 3.63) is 29.3 Å². The number of benzene rings is 1. The SMILES string of the molecule is CCc1cccc(C)c1NC1CCN(CC(F)(F)F)CC1. The number of nitrogens with zero attached hydrogens (tertiary/aromatic N) is 1. The Kier molecular flexibility index (Phi) is 5.14. The molecule has 21 heavy (non-hydrogen) atoms. The molecule has 2 nitrogen and oxygen atoms in total. The second kappa shape index (κ2) is 6.69. The van der Waals surface area contributed by atoms with Gasteiger partial charge in [0.1, 0.15) is 0 Å². The molecule has 1 fully saturated rings. The monoisotopic (exact) mass is 300 g/mol. The Bertz CT molecular complexity index is 463. The molecule has 0 spiro atoms. The molecule has 1 aromatic rings. The molecule has 1 aliphatic heterocycles. The van der Waals surface area contributed by atoms with Crippen molar-refractivity contribution in [3.63, 3.8) is 0 Å². The van der Waals surface area contributed by atoms with Crippen molar-refractivity contribution in [2.45, 2.75) is 45.3 Å². The highest BCUT2D eigenvalue weighted by molar-refractivity contribution is 5.57. The fourth-order valence-electron chi connectivity index (χ4n) is 2.92. The highest BCUT2D eigenvalue weighted by atomic mass is 19.4. The second-order valence-corrected chi connectivity index (χ2v) is 5.77. The first-order chi connectivity index (χ1) is 9.89. The van der Waals surface area contributed by atoms with Crippen LogP contribution in [0.25, 0.3) is 0 Å². The average Bonchev–Trinajstić information content (AvgIpc) is 2.41. The van der Waals surface area contributed by atoms with E-state index in [1.807, 2.05) is 6.07 Å². The molecule has 0 unspecified atom stereocenters. The van der Waals surface area contributed by atoms with E-state index >= 15 is 0 Å². The lowest BCUT2D eigenvalue weighted by molar-refractivity contribution is -0.147. The van der Waals surface area contributed by atoms with Crippen molar-refractivity contribution >= 4 is 5.69 Å². The molecule has 5 heteroatoms. The third kappa shape index (κ3) is 4.63. The van der Waals surface area contributed by atoms with Crippen LogP contribution in [0.2, 0.25) is 0 Å². The lowest BCUT2D eigenvalue weighted by atomic mass is 10.0. The third-order valence-corrected chi connectivity index (χ3v) is 4.08. The Morgan fingerprint density at radius 3 is 2.48 bits per heavy atom. The summed E-state index contributed by atoms with van der Waals surface area (Å²) in [5.41, 5.74) is 3.63. The molecule has 1 aliphatic rings. The fourth-order valence-corrected chi connectivity index (χ4v) is 2.92. The number of halogens is 3. The molecule has 0 bridgehead atoms. The van der Waals surface area contributed by atoms with Crippen LogP contribution < -0.4 is 5.32 Å². The topological polar surface area (TPSA) is 15.3 Å². The van der Waals surface area contributed by atoms with Crippen molar-refractivity contribution in [1.29, 1.82) is 0 Å². The number of anilines is 1. The molecule has 2 rings (SSSR count). The van der Waals surface area contributed by atoms with E-state index in [4.69, 9.17) is 0 Å². The molecule has 0 saturated carbocycles. The Morgan fingerprint density at radius 1 is 1.24 bits per heavy atom. The summed E-state index contributed by atoms with van der Waals surface area (Å²) in [6, 6.07) is 6.49. The van der Waals surface area contributed by atoms with E-state index in [0.717, 1.165) is 24.9 Å². The maximum atomic E-state index is 12.4. The van der Waals surface area contributed by atoms with E-state index in [-0.39, 0.29) is 6.04 Å². The van der Waals surface area contributed by atoms with E-state index in [0.29, 0.717) is 13.1 Å². The van der Waals surface area contributed by atoms with Crippen LogP contribution in [0.1, 0.15) is 30.9 Å². The smallest absolute Gasteiger partial charge is 0.382 e. The number of hydrogen-bond donors (Lipinski definition) is 1. The van der Waals surface area contributed by atoms with E-state index in [2.05, 4.69) is 31.3 Å². The van der Waals surface area contributed by atoms with Gasteiger partial charge in [0, 0.05) is 24.8 Å². The number of alkyl halides is 3. The van der Waals surface area contributed by atoms with Crippen LogP contribution in [0.4, 0.5) is 18.9 Å². The minimum absolute atomic E-state index is 0.265. The van der Waals surface area contributed by atoms with E-state index in [9.17, 15) is 13.2 Å². The zero-order valence-corrected chi connectivity index (χ0v) is 12.6. The minimum atomic E-state index is -4.09. The number of para-hydroxylation sites is 1. The van der Waals surface area contributed by atoms with Crippen LogP contribution in [0.3, 0.4) is 0 Å². The van der Waals surface area contributed by atoms with Crippen molar-refractivity contribution < 1.29 is 13.2 Å². The molecule has 0 atom stereocenters. The summed E-state index contributed by atoms with van der Waals surface area (Å²) in [5, 5.41) is 3.54. The minimum Gasteiger partial charge on any atom is -0.382 e. The molecule has 0 aliphatic carbocycles. The first-order valence-electron chi connectivity index (χ1n) is 7.53. The second-order valence-electron chi connectivity index (χ2n) is 5.77. The van der Waals surface area contributed by atoms with Crippen molar-refractivity contribution in [2.24, 2.45) is 0 Å². The summed E-state index contributed by atoms with van der Waals surface area (Å²) in [7, 11) is 0. The Labute approximate surface area is 124 Å². The van der Waals surface area contributed by atoms with Gasteiger partial charge in [-0.25, -0.2) is 0 Å². The summed E-state index contributed by atoms with van der Waals surface area (Å²) in [5.74, 6) is 0. The van der Waals surface area contributed by atoms with Crippen molar-refractivity contribution in [3.8, 4) is 0 Å². The van der Waals surface area contributed by atoms with Crippen LogP contribution in [-0.4, -0.2) is 36.8 Å². The lowest BCUT2D eigenvalue weighted by Gasteiger charge is -2.33. The van der Waals surface area contributed by atoms with E-state index in [1.165, 1.54) is 16.0 Å². The normalized spacial score (nSPS) is 18.0. The predicted molar refractivity (Wildman–Crippen MR) is 79.7 cm³/mol. The highest BCUT2D eigenvalue weighted by Crippen LogP contribution is 2.25. The van der Waals surface area contributed by atoms with Gasteiger partial charge in [-0.2, -0.15) is 13.2 Å². The summed E-state index contributed by atoms with van der Waals surface area (Å²) < 4.78 is 37.1. The van der Waals surface area contributed by atoms with Crippen LogP contribution in [-0.2, 0) is 6.42 Å². The molecule has 0 aromatic heterocycles. The average molecular weight is 300 g/mol. The molecule has 0 radical (unpaired) electrons. The third-order valence-electron chi connectivity index (χ3n) is 4.08. The van der Waals surface area contributed by atoms with Crippen LogP contribution in [0.15, 0.2) is 18.2 Å². The molecule has 0 amide bonds. The van der Waals surface area contributed by atoms with Gasteiger partial charge in [0.05, 0.1) is 6.54 Å². The van der Waals surface area contributed by atoms with Gasteiger partial charge in [-0.15, -0.1) is 0 Å². The quantitative estimate of drug-likeness (QED) is 0.904. The van der Waals surface area contributed by atoms with E-state index < -0.39 is 12.7 Å². The van der Waals surface area contributed by atoms with Gasteiger partial charge in [-0.1, -0.05) is 25.1 Å². The summed E-state index contributed by atoms with van der Waals surface area (Å²) in [4.78, 5) is 1.50.